The first-order valence-corrected chi connectivity index (χ1v) is 16.1. The average Bonchev–Trinajstić information content (AvgIpc) is 3.70. The normalized spacial score (nSPS) is 23.8. The number of aryl methyl sites for hydroxylation is 1. The van der Waals surface area contributed by atoms with Gasteiger partial charge < -0.3 is 19.4 Å². The minimum Gasteiger partial charge on any atom is -0.475 e. The van der Waals surface area contributed by atoms with Gasteiger partial charge in [-0.1, -0.05) is 36.9 Å². The van der Waals surface area contributed by atoms with E-state index in [0.717, 1.165) is 55.3 Å². The fourth-order valence-electron chi connectivity index (χ4n) is 8.08. The van der Waals surface area contributed by atoms with Gasteiger partial charge in [0, 0.05) is 55.4 Å². The Morgan fingerprint density at radius 1 is 1.09 bits per heavy atom. The van der Waals surface area contributed by atoms with Crippen LogP contribution in [-0.2, 0) is 17.8 Å². The molecule has 2 aromatic carbocycles. The Labute approximate surface area is 264 Å². The predicted octanol–water partition coefficient (Wildman–Crippen LogP) is 4.57. The van der Waals surface area contributed by atoms with Gasteiger partial charge in [-0.25, -0.2) is 4.98 Å². The van der Waals surface area contributed by atoms with Crippen molar-refractivity contribution in [1.29, 1.82) is 10.5 Å². The van der Waals surface area contributed by atoms with Crippen molar-refractivity contribution >= 4 is 28.1 Å². The van der Waals surface area contributed by atoms with Crippen LogP contribution < -0.4 is 14.5 Å². The SMILES string of the molecule is C=CC(=O)N1CCN(c2c(C#N)c(OC[C@@H]3CC4CCN3C4)nc3c2CCN(c2cccc4cccc(C)c24)C3)CC1CC#N. The molecular weight excluding hydrogens is 562 g/mol. The third kappa shape index (κ3) is 5.26. The molecule has 1 aromatic heterocycles. The zero-order valence-electron chi connectivity index (χ0n) is 25.9. The second kappa shape index (κ2) is 12.1. The summed E-state index contributed by atoms with van der Waals surface area (Å²) in [5, 5.41) is 22.7. The maximum absolute atomic E-state index is 12.6. The summed E-state index contributed by atoms with van der Waals surface area (Å²) in [5.74, 6) is 0.969. The Kier molecular flexibility index (Phi) is 7.81. The highest BCUT2D eigenvalue weighted by molar-refractivity contribution is 5.97. The molecule has 4 aliphatic heterocycles. The lowest BCUT2D eigenvalue weighted by molar-refractivity contribution is -0.128. The number of rotatable bonds is 7. The summed E-state index contributed by atoms with van der Waals surface area (Å²) >= 11 is 0. The Morgan fingerprint density at radius 3 is 2.67 bits per heavy atom. The van der Waals surface area contributed by atoms with Gasteiger partial charge in [-0.05, 0) is 61.7 Å². The molecule has 3 saturated heterocycles. The summed E-state index contributed by atoms with van der Waals surface area (Å²) in [7, 11) is 0. The van der Waals surface area contributed by atoms with E-state index in [9.17, 15) is 15.3 Å². The fourth-order valence-corrected chi connectivity index (χ4v) is 8.08. The van der Waals surface area contributed by atoms with Gasteiger partial charge in [0.2, 0.25) is 11.8 Å². The number of fused-ring (bicyclic) bond motifs is 4. The Morgan fingerprint density at radius 2 is 1.93 bits per heavy atom. The number of piperazine rings is 1. The molecule has 3 aromatic rings. The van der Waals surface area contributed by atoms with E-state index in [4.69, 9.17) is 9.72 Å². The van der Waals surface area contributed by atoms with Crippen LogP contribution in [0.4, 0.5) is 11.4 Å². The standard InChI is InChI=1S/C36H39N7O2/c1-3-33(44)43-17-16-42(21-27(43)10-13-37)35-29-12-15-41(32-9-5-8-26-7-4-6-24(2)34(26)32)22-31(29)39-36(30(35)19-38)45-23-28-18-25-11-14-40(28)20-25/h3-9,25,27-28H,1,10-12,14-18,20-23H2,2H3/t25?,27?,28-/m0/s1. The molecule has 3 fully saturated rings. The third-order valence-electron chi connectivity index (χ3n) is 10.3. The molecule has 230 valence electrons. The number of aromatic nitrogens is 1. The molecule has 0 radical (unpaired) electrons. The van der Waals surface area contributed by atoms with Crippen LogP contribution in [0.5, 0.6) is 5.88 Å². The van der Waals surface area contributed by atoms with Gasteiger partial charge in [0.25, 0.3) is 0 Å². The number of piperidine rings is 1. The minimum atomic E-state index is -0.297. The fraction of sp³-hybridized carbons (Fsp3) is 0.444. The quantitative estimate of drug-likeness (QED) is 0.364. The second-order valence-electron chi connectivity index (χ2n) is 12.8. The first kappa shape index (κ1) is 29.1. The van der Waals surface area contributed by atoms with Crippen molar-refractivity contribution in [3.8, 4) is 18.0 Å². The number of nitrogens with zero attached hydrogens (tertiary/aromatic N) is 7. The van der Waals surface area contributed by atoms with Crippen LogP contribution in [0, 0.1) is 35.5 Å². The molecule has 5 heterocycles. The summed E-state index contributed by atoms with van der Waals surface area (Å²) in [5.41, 5.74) is 5.73. The summed E-state index contributed by atoms with van der Waals surface area (Å²) in [4.78, 5) is 26.6. The van der Waals surface area contributed by atoms with Crippen molar-refractivity contribution in [2.45, 2.75) is 51.2 Å². The van der Waals surface area contributed by atoms with Crippen molar-refractivity contribution in [2.75, 3.05) is 55.7 Å². The molecule has 4 aliphatic rings. The van der Waals surface area contributed by atoms with E-state index in [-0.39, 0.29) is 18.4 Å². The lowest BCUT2D eigenvalue weighted by Gasteiger charge is -2.43. The Hall–Kier alpha value is -4.60. The number of hydrogen-bond donors (Lipinski definition) is 0. The third-order valence-corrected chi connectivity index (χ3v) is 10.3. The van der Waals surface area contributed by atoms with Crippen LogP contribution in [0.15, 0.2) is 49.1 Å². The van der Waals surface area contributed by atoms with E-state index >= 15 is 0 Å². The number of anilines is 2. The zero-order valence-corrected chi connectivity index (χ0v) is 25.9. The molecule has 0 N–H and O–H groups in total. The van der Waals surface area contributed by atoms with E-state index < -0.39 is 0 Å². The van der Waals surface area contributed by atoms with E-state index in [2.05, 4.69) is 76.7 Å². The van der Waals surface area contributed by atoms with Gasteiger partial charge >= 0.3 is 0 Å². The highest BCUT2D eigenvalue weighted by Crippen LogP contribution is 2.40. The number of pyridine rings is 1. The van der Waals surface area contributed by atoms with Crippen molar-refractivity contribution in [3.05, 3.63) is 71.4 Å². The molecule has 3 unspecified atom stereocenters. The predicted molar refractivity (Wildman–Crippen MR) is 174 cm³/mol. The molecule has 0 spiro atoms. The Bertz CT molecular complexity index is 1730. The lowest BCUT2D eigenvalue weighted by Crippen LogP contribution is -2.55. The van der Waals surface area contributed by atoms with E-state index in [0.29, 0.717) is 50.3 Å². The molecule has 9 nitrogen and oxygen atoms in total. The number of benzene rings is 2. The number of carbonyl (C=O) groups excluding carboxylic acids is 1. The molecule has 0 aliphatic carbocycles. The molecular formula is C36H39N7O2. The number of ether oxygens (including phenoxy) is 1. The average molecular weight is 602 g/mol. The monoisotopic (exact) mass is 601 g/mol. The lowest BCUT2D eigenvalue weighted by atomic mass is 9.95. The van der Waals surface area contributed by atoms with Crippen molar-refractivity contribution in [2.24, 2.45) is 5.92 Å². The molecule has 1 amide bonds. The summed E-state index contributed by atoms with van der Waals surface area (Å²) in [6.07, 6.45) is 4.64. The van der Waals surface area contributed by atoms with Crippen LogP contribution in [0.25, 0.3) is 10.8 Å². The van der Waals surface area contributed by atoms with Crippen molar-refractivity contribution < 1.29 is 9.53 Å². The number of amides is 1. The summed E-state index contributed by atoms with van der Waals surface area (Å²) in [6.45, 7) is 11.4. The highest BCUT2D eigenvalue weighted by atomic mass is 16.5. The number of hydrogen-bond acceptors (Lipinski definition) is 8. The smallest absolute Gasteiger partial charge is 0.246 e. The maximum atomic E-state index is 12.6. The molecule has 4 atom stereocenters. The number of carbonyl (C=O) groups is 1. The van der Waals surface area contributed by atoms with Gasteiger partial charge in [0.05, 0.1) is 36.5 Å². The summed E-state index contributed by atoms with van der Waals surface area (Å²) < 4.78 is 6.49. The highest BCUT2D eigenvalue weighted by Gasteiger charge is 2.39. The van der Waals surface area contributed by atoms with Crippen LogP contribution in [0.1, 0.15) is 41.6 Å². The maximum Gasteiger partial charge on any atom is 0.246 e. The molecule has 9 heteroatoms. The van der Waals surface area contributed by atoms with E-state index in [1.165, 1.54) is 34.5 Å². The Balaban J connectivity index is 1.27. The molecule has 45 heavy (non-hydrogen) atoms. The number of nitriles is 2. The van der Waals surface area contributed by atoms with Gasteiger partial charge in [-0.3, -0.25) is 9.69 Å². The van der Waals surface area contributed by atoms with Crippen LogP contribution in [0.2, 0.25) is 0 Å². The van der Waals surface area contributed by atoms with Gasteiger partial charge in [0.15, 0.2) is 0 Å². The first-order valence-electron chi connectivity index (χ1n) is 16.1. The van der Waals surface area contributed by atoms with E-state index in [1.807, 2.05) is 0 Å². The van der Waals surface area contributed by atoms with Gasteiger partial charge in [-0.2, -0.15) is 10.5 Å². The zero-order chi connectivity index (χ0) is 31.1. The topological polar surface area (TPSA) is 99.7 Å². The van der Waals surface area contributed by atoms with Crippen LogP contribution in [-0.4, -0.2) is 78.7 Å². The minimum absolute atomic E-state index is 0.168. The van der Waals surface area contributed by atoms with E-state index in [1.54, 1.807) is 4.90 Å². The van der Waals surface area contributed by atoms with Crippen molar-refractivity contribution in [1.82, 2.24) is 14.8 Å². The van der Waals surface area contributed by atoms with Crippen LogP contribution in [0.3, 0.4) is 0 Å². The molecule has 0 saturated carbocycles. The van der Waals surface area contributed by atoms with Gasteiger partial charge in [-0.15, -0.1) is 0 Å². The van der Waals surface area contributed by atoms with Gasteiger partial charge in [0.1, 0.15) is 18.2 Å². The van der Waals surface area contributed by atoms with Crippen LogP contribution >= 0.6 is 0 Å². The second-order valence-corrected chi connectivity index (χ2v) is 12.8. The largest absolute Gasteiger partial charge is 0.475 e. The summed E-state index contributed by atoms with van der Waals surface area (Å²) in [6, 6.07) is 17.7. The molecule has 7 rings (SSSR count). The van der Waals surface area contributed by atoms with Crippen molar-refractivity contribution in [3.63, 3.8) is 0 Å². The first-order chi connectivity index (χ1) is 22.0. The molecule has 2 bridgehead atoms.